The SMILES string of the molecule is NC[C@H]1CC[C@H](C(=O)N2C[C@@H](N3CCN(C(N)=O)CC3)C[C@H]2C(=O)Nc2ccc(C(=O)O)cc2)CC1. The molecule has 2 heterocycles. The van der Waals surface area contributed by atoms with Crippen molar-refractivity contribution in [3.63, 3.8) is 0 Å². The molecule has 11 nitrogen and oxygen atoms in total. The lowest BCUT2D eigenvalue weighted by Gasteiger charge is -2.37. The van der Waals surface area contributed by atoms with Crippen LogP contribution in [-0.4, -0.2) is 95.0 Å². The third kappa shape index (κ3) is 5.79. The van der Waals surface area contributed by atoms with Crippen molar-refractivity contribution >= 4 is 29.5 Å². The number of piperazine rings is 1. The highest BCUT2D eigenvalue weighted by atomic mass is 16.4. The number of benzene rings is 1. The van der Waals surface area contributed by atoms with E-state index < -0.39 is 18.0 Å². The third-order valence-corrected chi connectivity index (χ3v) is 7.94. The van der Waals surface area contributed by atoms with Gasteiger partial charge in [0.2, 0.25) is 11.8 Å². The van der Waals surface area contributed by atoms with Crippen molar-refractivity contribution in [2.24, 2.45) is 23.3 Å². The molecule has 0 spiro atoms. The summed E-state index contributed by atoms with van der Waals surface area (Å²) in [5, 5.41) is 12.0. The number of anilines is 1. The van der Waals surface area contributed by atoms with E-state index in [-0.39, 0.29) is 29.3 Å². The molecule has 0 unspecified atom stereocenters. The van der Waals surface area contributed by atoms with Crippen LogP contribution in [0.2, 0.25) is 0 Å². The summed E-state index contributed by atoms with van der Waals surface area (Å²) in [4.78, 5) is 55.2. The van der Waals surface area contributed by atoms with Gasteiger partial charge in [-0.2, -0.15) is 0 Å². The van der Waals surface area contributed by atoms with E-state index in [1.807, 2.05) is 0 Å². The number of nitrogens with zero attached hydrogens (tertiary/aromatic N) is 3. The van der Waals surface area contributed by atoms with E-state index in [1.54, 1.807) is 21.9 Å². The van der Waals surface area contributed by atoms with Crippen LogP contribution in [-0.2, 0) is 9.59 Å². The standard InChI is InChI=1S/C25H36N6O5/c26-14-16-1-3-17(4-2-16)23(33)31-15-20(29-9-11-30(12-10-29)25(27)36)13-21(31)22(32)28-19-7-5-18(6-8-19)24(34)35/h5-8,16-17,20-21H,1-4,9-15,26H2,(H2,27,36)(H,28,32)(H,34,35)/t16-,17-,20-,21-/m0/s1. The highest BCUT2D eigenvalue weighted by Gasteiger charge is 2.44. The first-order chi connectivity index (χ1) is 17.3. The topological polar surface area (TPSA) is 162 Å². The minimum absolute atomic E-state index is 0.00879. The van der Waals surface area contributed by atoms with E-state index >= 15 is 0 Å². The Bertz CT molecular complexity index is 970. The van der Waals surface area contributed by atoms with Crippen LogP contribution in [0.5, 0.6) is 0 Å². The summed E-state index contributed by atoms with van der Waals surface area (Å²) in [7, 11) is 0. The smallest absolute Gasteiger partial charge is 0.335 e. The Morgan fingerprint density at radius 2 is 1.61 bits per heavy atom. The molecule has 3 fully saturated rings. The molecule has 1 aliphatic carbocycles. The van der Waals surface area contributed by atoms with Crippen LogP contribution in [0.25, 0.3) is 0 Å². The zero-order valence-electron chi connectivity index (χ0n) is 20.5. The van der Waals surface area contributed by atoms with Crippen molar-refractivity contribution in [2.75, 3.05) is 44.6 Å². The Balaban J connectivity index is 1.47. The number of amides is 4. The zero-order chi connectivity index (χ0) is 25.8. The van der Waals surface area contributed by atoms with Gasteiger partial charge in [0.25, 0.3) is 0 Å². The molecule has 0 bridgehead atoms. The van der Waals surface area contributed by atoms with Crippen LogP contribution in [0.4, 0.5) is 10.5 Å². The number of primary amides is 1. The molecule has 0 radical (unpaired) electrons. The maximum absolute atomic E-state index is 13.6. The molecule has 1 saturated carbocycles. The number of urea groups is 1. The van der Waals surface area contributed by atoms with Crippen LogP contribution >= 0.6 is 0 Å². The van der Waals surface area contributed by atoms with Gasteiger partial charge in [-0.1, -0.05) is 0 Å². The van der Waals surface area contributed by atoms with Crippen LogP contribution in [0, 0.1) is 11.8 Å². The van der Waals surface area contributed by atoms with E-state index in [4.69, 9.17) is 16.6 Å². The second-order valence-electron chi connectivity index (χ2n) is 10.1. The predicted octanol–water partition coefficient (Wildman–Crippen LogP) is 0.754. The largest absolute Gasteiger partial charge is 0.478 e. The molecule has 196 valence electrons. The molecule has 2 atom stereocenters. The highest BCUT2D eigenvalue weighted by Crippen LogP contribution is 2.33. The van der Waals surface area contributed by atoms with Gasteiger partial charge in [0, 0.05) is 50.4 Å². The summed E-state index contributed by atoms with van der Waals surface area (Å²) >= 11 is 0. The average molecular weight is 501 g/mol. The summed E-state index contributed by atoms with van der Waals surface area (Å²) in [5.41, 5.74) is 11.9. The molecule has 1 aromatic rings. The number of nitrogens with one attached hydrogen (secondary N) is 1. The van der Waals surface area contributed by atoms with Crippen molar-refractivity contribution in [3.8, 4) is 0 Å². The van der Waals surface area contributed by atoms with Gasteiger partial charge in [-0.15, -0.1) is 0 Å². The predicted molar refractivity (Wildman–Crippen MR) is 133 cm³/mol. The minimum atomic E-state index is -1.04. The number of hydrogen-bond acceptors (Lipinski definition) is 6. The number of likely N-dealkylation sites (tertiary alicyclic amines) is 1. The van der Waals surface area contributed by atoms with Gasteiger partial charge in [0.15, 0.2) is 0 Å². The van der Waals surface area contributed by atoms with Crippen LogP contribution in [0.1, 0.15) is 42.5 Å². The van der Waals surface area contributed by atoms with Crippen LogP contribution in [0.3, 0.4) is 0 Å². The molecule has 36 heavy (non-hydrogen) atoms. The maximum atomic E-state index is 13.6. The van der Waals surface area contributed by atoms with Crippen molar-refractivity contribution in [1.82, 2.24) is 14.7 Å². The monoisotopic (exact) mass is 500 g/mol. The molecule has 3 aliphatic rings. The number of carbonyl (C=O) groups excluding carboxylic acids is 3. The highest BCUT2D eigenvalue weighted by molar-refractivity contribution is 5.98. The number of nitrogens with two attached hydrogens (primary N) is 2. The molecular formula is C25H36N6O5. The number of carboxylic acid groups (broad SMARTS) is 1. The normalized spacial score (nSPS) is 27.0. The number of carbonyl (C=O) groups is 4. The van der Waals surface area contributed by atoms with E-state index in [2.05, 4.69) is 10.2 Å². The minimum Gasteiger partial charge on any atom is -0.478 e. The van der Waals surface area contributed by atoms with Gasteiger partial charge in [0.05, 0.1) is 5.56 Å². The lowest BCUT2D eigenvalue weighted by Crippen LogP contribution is -2.54. The van der Waals surface area contributed by atoms with Crippen molar-refractivity contribution in [2.45, 2.75) is 44.2 Å². The molecule has 2 aliphatic heterocycles. The Kier molecular flexibility index (Phi) is 8.10. The van der Waals surface area contributed by atoms with Crippen LogP contribution in [0.15, 0.2) is 24.3 Å². The second-order valence-corrected chi connectivity index (χ2v) is 10.1. The quantitative estimate of drug-likeness (QED) is 0.448. The second kappa shape index (κ2) is 11.3. The Hall–Kier alpha value is -3.18. The zero-order valence-corrected chi connectivity index (χ0v) is 20.5. The Labute approximate surface area is 210 Å². The van der Waals surface area contributed by atoms with Gasteiger partial charge in [0.1, 0.15) is 6.04 Å². The number of rotatable bonds is 6. The molecule has 11 heteroatoms. The van der Waals surface area contributed by atoms with E-state index in [9.17, 15) is 19.2 Å². The first-order valence-electron chi connectivity index (χ1n) is 12.7. The molecule has 0 aromatic heterocycles. The maximum Gasteiger partial charge on any atom is 0.335 e. The van der Waals surface area contributed by atoms with E-state index in [0.29, 0.717) is 57.3 Å². The molecule has 1 aromatic carbocycles. The summed E-state index contributed by atoms with van der Waals surface area (Å²) in [6.45, 7) is 3.42. The number of aromatic carboxylic acids is 1. The molecule has 4 rings (SSSR count). The summed E-state index contributed by atoms with van der Waals surface area (Å²) in [5.74, 6) is -0.951. The number of hydrogen-bond donors (Lipinski definition) is 4. The molecule has 4 amide bonds. The van der Waals surface area contributed by atoms with Crippen molar-refractivity contribution < 1.29 is 24.3 Å². The summed E-state index contributed by atoms with van der Waals surface area (Å²) in [6, 6.07) is 4.93. The van der Waals surface area contributed by atoms with Crippen molar-refractivity contribution in [1.29, 1.82) is 0 Å². The lowest BCUT2D eigenvalue weighted by atomic mass is 9.81. The van der Waals surface area contributed by atoms with Gasteiger partial charge < -0.3 is 31.7 Å². The fourth-order valence-corrected chi connectivity index (χ4v) is 5.68. The third-order valence-electron chi connectivity index (χ3n) is 7.94. The first kappa shape index (κ1) is 25.9. The summed E-state index contributed by atoms with van der Waals surface area (Å²) in [6.07, 6.45) is 3.91. The van der Waals surface area contributed by atoms with Crippen LogP contribution < -0.4 is 16.8 Å². The van der Waals surface area contributed by atoms with Crippen molar-refractivity contribution in [3.05, 3.63) is 29.8 Å². The molecule has 2 saturated heterocycles. The molecule has 6 N–H and O–H groups in total. The fourth-order valence-electron chi connectivity index (χ4n) is 5.68. The van der Waals surface area contributed by atoms with Gasteiger partial charge in [-0.25, -0.2) is 9.59 Å². The fraction of sp³-hybridized carbons (Fsp3) is 0.600. The van der Waals surface area contributed by atoms with Gasteiger partial charge in [-0.05, 0) is 68.8 Å². The van der Waals surface area contributed by atoms with Gasteiger partial charge in [-0.3, -0.25) is 14.5 Å². The Morgan fingerprint density at radius 1 is 0.972 bits per heavy atom. The van der Waals surface area contributed by atoms with E-state index in [0.717, 1.165) is 25.7 Å². The van der Waals surface area contributed by atoms with Gasteiger partial charge >= 0.3 is 12.0 Å². The lowest BCUT2D eigenvalue weighted by molar-refractivity contribution is -0.141. The van der Waals surface area contributed by atoms with E-state index in [1.165, 1.54) is 12.1 Å². The number of carboxylic acids is 1. The average Bonchev–Trinajstić information content (AvgIpc) is 3.34. The Morgan fingerprint density at radius 3 is 2.17 bits per heavy atom. The summed E-state index contributed by atoms with van der Waals surface area (Å²) < 4.78 is 0. The molecular weight excluding hydrogens is 464 g/mol. The first-order valence-corrected chi connectivity index (χ1v) is 12.7.